The predicted octanol–water partition coefficient (Wildman–Crippen LogP) is 0.0688. The van der Waals surface area contributed by atoms with E-state index in [9.17, 15) is 0 Å². The molecule has 2 heteroatoms. The van der Waals surface area contributed by atoms with Gasteiger partial charge in [0, 0.05) is 26.7 Å². The Labute approximate surface area is 56.2 Å². The van der Waals surface area contributed by atoms with Gasteiger partial charge < -0.3 is 4.90 Å². The Hall–Kier alpha value is -0.0800. The molecule has 0 atom stereocenters. The van der Waals surface area contributed by atoms with E-state index in [0.29, 0.717) is 5.54 Å². The van der Waals surface area contributed by atoms with E-state index < -0.39 is 0 Å². The lowest BCUT2D eigenvalue weighted by atomic mass is 9.96. The maximum atomic E-state index is 4.44. The number of hydrogen-bond acceptors (Lipinski definition) is 1. The van der Waals surface area contributed by atoms with Gasteiger partial charge in [-0.15, -0.1) is 0 Å². The second-order valence-electron chi connectivity index (χ2n) is 3.22. The minimum Gasteiger partial charge on any atom is -0.301 e. The molecule has 2 nitrogen and oxygen atoms in total. The van der Waals surface area contributed by atoms with Crippen molar-refractivity contribution in [3.63, 3.8) is 0 Å². The van der Waals surface area contributed by atoms with E-state index in [0.717, 1.165) is 0 Å². The summed E-state index contributed by atoms with van der Waals surface area (Å²) in [4.78, 5) is 2.51. The first-order chi connectivity index (χ1) is 4.35. The lowest BCUT2D eigenvalue weighted by Crippen LogP contribution is -2.36. The molecule has 2 fully saturated rings. The molecule has 0 saturated carbocycles. The van der Waals surface area contributed by atoms with Crippen LogP contribution in [0.15, 0.2) is 0 Å². The highest BCUT2D eigenvalue weighted by molar-refractivity contribution is 5.02. The molecule has 2 saturated heterocycles. The van der Waals surface area contributed by atoms with Crippen LogP contribution >= 0.6 is 0 Å². The highest BCUT2D eigenvalue weighted by atomic mass is 15.2. The van der Waals surface area contributed by atoms with Crippen molar-refractivity contribution in [3.05, 3.63) is 0 Å². The SMILES string of the molecule is C[N]C12CCN(CC1)C2. The number of piperidine rings is 1. The van der Waals surface area contributed by atoms with Crippen LogP contribution in [0, 0.1) is 0 Å². The smallest absolute Gasteiger partial charge is 0.0504 e. The van der Waals surface area contributed by atoms with E-state index in [2.05, 4.69) is 10.2 Å². The van der Waals surface area contributed by atoms with Crippen molar-refractivity contribution >= 4 is 0 Å². The molecule has 1 radical (unpaired) electrons. The van der Waals surface area contributed by atoms with E-state index in [-0.39, 0.29) is 0 Å². The van der Waals surface area contributed by atoms with Crippen molar-refractivity contribution < 1.29 is 0 Å². The summed E-state index contributed by atoms with van der Waals surface area (Å²) in [6.45, 7) is 3.82. The lowest BCUT2D eigenvalue weighted by molar-refractivity contribution is 0.349. The molecule has 0 N–H and O–H groups in total. The summed E-state index contributed by atoms with van der Waals surface area (Å²) in [5.74, 6) is 0. The zero-order valence-electron chi connectivity index (χ0n) is 5.93. The van der Waals surface area contributed by atoms with Gasteiger partial charge >= 0.3 is 0 Å². The first-order valence-electron chi connectivity index (χ1n) is 3.68. The van der Waals surface area contributed by atoms with Gasteiger partial charge in [-0.05, 0) is 12.8 Å². The van der Waals surface area contributed by atoms with Crippen LogP contribution in [-0.4, -0.2) is 37.1 Å². The van der Waals surface area contributed by atoms with Crippen molar-refractivity contribution in [3.8, 4) is 0 Å². The lowest BCUT2D eigenvalue weighted by Gasteiger charge is -2.21. The van der Waals surface area contributed by atoms with Crippen molar-refractivity contribution in [2.45, 2.75) is 18.4 Å². The average molecular weight is 125 g/mol. The minimum atomic E-state index is 0.403. The average Bonchev–Trinajstić information content (AvgIpc) is 2.46. The topological polar surface area (TPSA) is 17.3 Å². The second kappa shape index (κ2) is 1.70. The summed E-state index contributed by atoms with van der Waals surface area (Å²) in [6, 6.07) is 0. The number of fused-ring (bicyclic) bond motifs is 2. The van der Waals surface area contributed by atoms with E-state index in [1.807, 2.05) is 7.05 Å². The molecule has 0 unspecified atom stereocenters. The molecular formula is C7H13N2. The molecule has 2 rings (SSSR count). The molecule has 0 aromatic rings. The fourth-order valence-corrected chi connectivity index (χ4v) is 2.00. The molecule has 0 amide bonds. The van der Waals surface area contributed by atoms with Crippen molar-refractivity contribution in [2.75, 3.05) is 26.7 Å². The Bertz CT molecular complexity index is 114. The van der Waals surface area contributed by atoms with Gasteiger partial charge in [0.25, 0.3) is 0 Å². The Balaban J connectivity index is 2.13. The molecule has 0 aliphatic carbocycles. The Morgan fingerprint density at radius 1 is 1.33 bits per heavy atom. The molecule has 2 heterocycles. The summed E-state index contributed by atoms with van der Waals surface area (Å²) >= 11 is 0. The maximum absolute atomic E-state index is 4.44. The zero-order valence-corrected chi connectivity index (χ0v) is 5.93. The summed E-state index contributed by atoms with van der Waals surface area (Å²) in [6.07, 6.45) is 2.62. The molecule has 2 aliphatic heterocycles. The molecule has 9 heavy (non-hydrogen) atoms. The normalized spacial score (nSPS) is 48.3. The van der Waals surface area contributed by atoms with Crippen LogP contribution in [0.5, 0.6) is 0 Å². The fourth-order valence-electron chi connectivity index (χ4n) is 2.00. The predicted molar refractivity (Wildman–Crippen MR) is 36.5 cm³/mol. The number of nitrogens with zero attached hydrogens (tertiary/aromatic N) is 2. The maximum Gasteiger partial charge on any atom is 0.0504 e. The fraction of sp³-hybridized carbons (Fsp3) is 1.00. The van der Waals surface area contributed by atoms with E-state index in [1.165, 1.54) is 32.5 Å². The Morgan fingerprint density at radius 3 is 2.22 bits per heavy atom. The third-order valence-electron chi connectivity index (χ3n) is 2.78. The van der Waals surface area contributed by atoms with Crippen molar-refractivity contribution in [2.24, 2.45) is 0 Å². The first kappa shape index (κ1) is 5.69. The zero-order chi connectivity index (χ0) is 6.32. The summed E-state index contributed by atoms with van der Waals surface area (Å²) in [7, 11) is 1.97. The first-order valence-corrected chi connectivity index (χ1v) is 3.68. The van der Waals surface area contributed by atoms with Crippen LogP contribution < -0.4 is 5.32 Å². The van der Waals surface area contributed by atoms with Gasteiger partial charge in [-0.25, -0.2) is 5.32 Å². The van der Waals surface area contributed by atoms with Crippen LogP contribution in [-0.2, 0) is 0 Å². The van der Waals surface area contributed by atoms with Crippen LogP contribution in [0.25, 0.3) is 0 Å². The van der Waals surface area contributed by atoms with Gasteiger partial charge in [0.2, 0.25) is 0 Å². The van der Waals surface area contributed by atoms with E-state index in [4.69, 9.17) is 0 Å². The van der Waals surface area contributed by atoms with Crippen LogP contribution in [0.2, 0.25) is 0 Å². The third-order valence-corrected chi connectivity index (χ3v) is 2.78. The minimum absolute atomic E-state index is 0.403. The van der Waals surface area contributed by atoms with Gasteiger partial charge in [0.05, 0.1) is 5.54 Å². The summed E-state index contributed by atoms with van der Waals surface area (Å²) < 4.78 is 0. The van der Waals surface area contributed by atoms with Gasteiger partial charge in [0.1, 0.15) is 0 Å². The summed E-state index contributed by atoms with van der Waals surface area (Å²) in [5, 5.41) is 4.44. The van der Waals surface area contributed by atoms with Gasteiger partial charge in [-0.1, -0.05) is 0 Å². The van der Waals surface area contributed by atoms with E-state index >= 15 is 0 Å². The monoisotopic (exact) mass is 125 g/mol. The number of hydrogen-bond donors (Lipinski definition) is 0. The van der Waals surface area contributed by atoms with Gasteiger partial charge in [0.15, 0.2) is 0 Å². The standard InChI is InChI=1S/C7H13N2/c1-8-7-2-4-9(6-7)5-3-7/h2-6H2,1H3. The molecule has 0 aromatic heterocycles. The summed E-state index contributed by atoms with van der Waals surface area (Å²) in [5.41, 5.74) is 0.403. The Morgan fingerprint density at radius 2 is 2.00 bits per heavy atom. The number of likely N-dealkylation sites (N-methyl/N-ethyl adjacent to an activating group) is 1. The molecule has 0 spiro atoms. The van der Waals surface area contributed by atoms with Crippen molar-refractivity contribution in [1.82, 2.24) is 10.2 Å². The highest BCUT2D eigenvalue weighted by Crippen LogP contribution is 2.32. The number of rotatable bonds is 1. The van der Waals surface area contributed by atoms with E-state index in [1.54, 1.807) is 0 Å². The highest BCUT2D eigenvalue weighted by Gasteiger charge is 2.42. The quantitative estimate of drug-likeness (QED) is 0.484. The van der Waals surface area contributed by atoms with Crippen LogP contribution in [0.1, 0.15) is 12.8 Å². The van der Waals surface area contributed by atoms with Gasteiger partial charge in [-0.2, -0.15) is 0 Å². The van der Waals surface area contributed by atoms with Gasteiger partial charge in [-0.3, -0.25) is 0 Å². The molecule has 2 aliphatic rings. The second-order valence-corrected chi connectivity index (χ2v) is 3.22. The van der Waals surface area contributed by atoms with Crippen LogP contribution in [0.4, 0.5) is 0 Å². The molecule has 0 aromatic carbocycles. The van der Waals surface area contributed by atoms with Crippen molar-refractivity contribution in [1.29, 1.82) is 0 Å². The Kier molecular flexibility index (Phi) is 1.08. The third kappa shape index (κ3) is 0.700. The largest absolute Gasteiger partial charge is 0.301 e. The van der Waals surface area contributed by atoms with Crippen LogP contribution in [0.3, 0.4) is 0 Å². The molecule has 2 bridgehead atoms. The molecule has 51 valence electrons. The molecular weight excluding hydrogens is 112 g/mol.